The number of fused-ring (bicyclic) bond motifs is 1. The number of benzene rings is 1. The number of rotatable bonds is 6. The number of piperazine rings is 1. The molecule has 148 valence electrons. The Morgan fingerprint density at radius 2 is 2.04 bits per heavy atom. The number of aromatic nitrogens is 3. The van der Waals surface area contributed by atoms with Gasteiger partial charge in [0, 0.05) is 32.6 Å². The summed E-state index contributed by atoms with van der Waals surface area (Å²) in [5.74, 6) is 1.55. The Morgan fingerprint density at radius 3 is 2.89 bits per heavy atom. The van der Waals surface area contributed by atoms with Crippen LogP contribution in [0.3, 0.4) is 0 Å². The molecule has 8 heteroatoms. The van der Waals surface area contributed by atoms with Gasteiger partial charge in [-0.2, -0.15) is 0 Å². The first-order chi connectivity index (χ1) is 13.7. The Morgan fingerprint density at radius 1 is 1.18 bits per heavy atom. The number of nitrogens with one attached hydrogen (secondary N) is 2. The van der Waals surface area contributed by atoms with Crippen LogP contribution in [0.5, 0.6) is 0 Å². The van der Waals surface area contributed by atoms with E-state index in [1.54, 1.807) is 0 Å². The predicted octanol–water partition coefficient (Wildman–Crippen LogP) is 0.621. The Bertz CT molecular complexity index is 834. The molecule has 0 saturated carbocycles. The van der Waals surface area contributed by atoms with Crippen molar-refractivity contribution in [3.05, 3.63) is 47.5 Å². The van der Waals surface area contributed by atoms with Crippen LogP contribution in [-0.4, -0.2) is 50.6 Å². The van der Waals surface area contributed by atoms with Crippen LogP contribution in [0.25, 0.3) is 0 Å². The lowest BCUT2D eigenvalue weighted by Crippen LogP contribution is -2.56. The highest BCUT2D eigenvalue weighted by Gasteiger charge is 2.31. The van der Waals surface area contributed by atoms with E-state index in [2.05, 4.69) is 30.3 Å². The standard InChI is InChI=1S/C20H26N6O2/c27-19(22-13-18-24-23-17-8-4-5-10-26(17)18)12-16-20(28)21-9-11-25(16)14-15-6-2-1-3-7-15/h1-3,6-7,16H,4-5,8-14H2,(H,21,28)(H,22,27)/t16-/m0/s1. The molecule has 2 amide bonds. The normalized spacial score (nSPS) is 19.7. The van der Waals surface area contributed by atoms with E-state index in [0.29, 0.717) is 19.6 Å². The van der Waals surface area contributed by atoms with Gasteiger partial charge in [0.2, 0.25) is 11.8 Å². The van der Waals surface area contributed by atoms with Crippen molar-refractivity contribution >= 4 is 11.8 Å². The summed E-state index contributed by atoms with van der Waals surface area (Å²) >= 11 is 0. The topological polar surface area (TPSA) is 92.2 Å². The Hall–Kier alpha value is -2.74. The molecule has 0 unspecified atom stereocenters. The summed E-state index contributed by atoms with van der Waals surface area (Å²) < 4.78 is 2.10. The lowest BCUT2D eigenvalue weighted by atomic mass is 10.1. The van der Waals surface area contributed by atoms with Gasteiger partial charge in [0.05, 0.1) is 19.0 Å². The highest BCUT2D eigenvalue weighted by molar-refractivity contribution is 5.88. The third kappa shape index (κ3) is 4.22. The van der Waals surface area contributed by atoms with Crippen molar-refractivity contribution in [1.82, 2.24) is 30.3 Å². The maximum absolute atomic E-state index is 12.5. The number of aryl methyl sites for hydroxylation is 1. The quantitative estimate of drug-likeness (QED) is 0.764. The largest absolute Gasteiger partial charge is 0.353 e. The average Bonchev–Trinajstić information content (AvgIpc) is 3.13. The van der Waals surface area contributed by atoms with Gasteiger partial charge in [0.1, 0.15) is 5.82 Å². The zero-order valence-corrected chi connectivity index (χ0v) is 15.9. The number of nitrogens with zero attached hydrogens (tertiary/aromatic N) is 4. The number of amides is 2. The molecule has 2 aromatic rings. The molecular weight excluding hydrogens is 356 g/mol. The third-order valence-electron chi connectivity index (χ3n) is 5.43. The minimum absolute atomic E-state index is 0.0859. The van der Waals surface area contributed by atoms with Gasteiger partial charge in [-0.15, -0.1) is 10.2 Å². The van der Waals surface area contributed by atoms with Crippen molar-refractivity contribution in [1.29, 1.82) is 0 Å². The zero-order chi connectivity index (χ0) is 19.3. The molecule has 2 aliphatic heterocycles. The SMILES string of the molecule is O=C(C[C@H]1C(=O)NCCN1Cc1ccccc1)NCc1nnc2n1CCCC2. The van der Waals surface area contributed by atoms with Crippen LogP contribution in [0.4, 0.5) is 0 Å². The van der Waals surface area contributed by atoms with Gasteiger partial charge in [0.25, 0.3) is 0 Å². The fourth-order valence-corrected chi connectivity index (χ4v) is 3.92. The van der Waals surface area contributed by atoms with Crippen LogP contribution >= 0.6 is 0 Å². The first kappa shape index (κ1) is 18.6. The number of hydrogen-bond donors (Lipinski definition) is 2. The van der Waals surface area contributed by atoms with Crippen molar-refractivity contribution in [2.45, 2.75) is 51.4 Å². The first-order valence-corrected chi connectivity index (χ1v) is 9.94. The molecule has 4 rings (SSSR count). The highest BCUT2D eigenvalue weighted by atomic mass is 16.2. The van der Waals surface area contributed by atoms with Crippen molar-refractivity contribution < 1.29 is 9.59 Å². The highest BCUT2D eigenvalue weighted by Crippen LogP contribution is 2.15. The fourth-order valence-electron chi connectivity index (χ4n) is 3.92. The van der Waals surface area contributed by atoms with E-state index < -0.39 is 6.04 Å². The second kappa shape index (κ2) is 8.52. The van der Waals surface area contributed by atoms with Crippen LogP contribution in [-0.2, 0) is 35.6 Å². The lowest BCUT2D eigenvalue weighted by molar-refractivity contribution is -0.134. The van der Waals surface area contributed by atoms with Crippen molar-refractivity contribution in [2.24, 2.45) is 0 Å². The third-order valence-corrected chi connectivity index (χ3v) is 5.43. The molecule has 1 saturated heterocycles. The van der Waals surface area contributed by atoms with Crippen molar-refractivity contribution in [3.8, 4) is 0 Å². The molecule has 1 aromatic carbocycles. The molecule has 0 radical (unpaired) electrons. The molecule has 28 heavy (non-hydrogen) atoms. The molecule has 2 aliphatic rings. The summed E-state index contributed by atoms with van der Waals surface area (Å²) in [6, 6.07) is 9.57. The van der Waals surface area contributed by atoms with E-state index in [1.165, 1.54) is 0 Å². The van der Waals surface area contributed by atoms with E-state index >= 15 is 0 Å². The van der Waals surface area contributed by atoms with Crippen LogP contribution in [0, 0.1) is 0 Å². The van der Waals surface area contributed by atoms with E-state index in [9.17, 15) is 9.59 Å². The summed E-state index contributed by atoms with van der Waals surface area (Å²) in [5.41, 5.74) is 1.14. The summed E-state index contributed by atoms with van der Waals surface area (Å²) in [5, 5.41) is 14.2. The molecule has 0 spiro atoms. The number of hydrogen-bond acceptors (Lipinski definition) is 5. The van der Waals surface area contributed by atoms with Gasteiger partial charge in [-0.25, -0.2) is 0 Å². The van der Waals surface area contributed by atoms with Gasteiger partial charge in [-0.1, -0.05) is 30.3 Å². The summed E-state index contributed by atoms with van der Waals surface area (Å²) in [6.45, 7) is 3.25. The molecule has 3 heterocycles. The van der Waals surface area contributed by atoms with Crippen molar-refractivity contribution in [3.63, 3.8) is 0 Å². The van der Waals surface area contributed by atoms with E-state index in [0.717, 1.165) is 49.6 Å². The molecule has 0 aliphatic carbocycles. The maximum Gasteiger partial charge on any atom is 0.237 e. The summed E-state index contributed by atoms with van der Waals surface area (Å²) in [6.07, 6.45) is 3.33. The van der Waals surface area contributed by atoms with Crippen LogP contribution in [0.1, 0.15) is 36.5 Å². The van der Waals surface area contributed by atoms with Gasteiger partial charge in [0.15, 0.2) is 5.82 Å². The van der Waals surface area contributed by atoms with Gasteiger partial charge in [-0.3, -0.25) is 14.5 Å². The fraction of sp³-hybridized carbons (Fsp3) is 0.500. The minimum atomic E-state index is -0.457. The van der Waals surface area contributed by atoms with E-state index in [4.69, 9.17) is 0 Å². The smallest absolute Gasteiger partial charge is 0.237 e. The predicted molar refractivity (Wildman–Crippen MR) is 103 cm³/mol. The summed E-state index contributed by atoms with van der Waals surface area (Å²) in [7, 11) is 0. The average molecular weight is 382 g/mol. The molecule has 2 N–H and O–H groups in total. The van der Waals surface area contributed by atoms with Crippen LogP contribution in [0.15, 0.2) is 30.3 Å². The maximum atomic E-state index is 12.5. The Kier molecular flexibility index (Phi) is 5.66. The lowest BCUT2D eigenvalue weighted by Gasteiger charge is -2.34. The molecule has 0 bridgehead atoms. The zero-order valence-electron chi connectivity index (χ0n) is 15.9. The van der Waals surface area contributed by atoms with Gasteiger partial charge < -0.3 is 15.2 Å². The molecule has 1 atom stereocenters. The monoisotopic (exact) mass is 382 g/mol. The summed E-state index contributed by atoms with van der Waals surface area (Å²) in [4.78, 5) is 27.0. The first-order valence-electron chi connectivity index (χ1n) is 9.94. The second-order valence-electron chi connectivity index (χ2n) is 7.38. The van der Waals surface area contributed by atoms with Crippen LogP contribution < -0.4 is 10.6 Å². The molecule has 8 nitrogen and oxygen atoms in total. The van der Waals surface area contributed by atoms with E-state index in [-0.39, 0.29) is 18.2 Å². The molecule has 1 fully saturated rings. The number of carbonyl (C=O) groups is 2. The number of carbonyl (C=O) groups excluding carboxylic acids is 2. The van der Waals surface area contributed by atoms with Crippen molar-refractivity contribution in [2.75, 3.05) is 13.1 Å². The van der Waals surface area contributed by atoms with Gasteiger partial charge in [-0.05, 0) is 18.4 Å². The van der Waals surface area contributed by atoms with Gasteiger partial charge >= 0.3 is 0 Å². The molecule has 1 aromatic heterocycles. The van der Waals surface area contributed by atoms with E-state index in [1.807, 2.05) is 30.3 Å². The Labute approximate surface area is 164 Å². The molecular formula is C20H26N6O2. The second-order valence-corrected chi connectivity index (χ2v) is 7.38. The Balaban J connectivity index is 1.36. The minimum Gasteiger partial charge on any atom is -0.353 e. The van der Waals surface area contributed by atoms with Crippen LogP contribution in [0.2, 0.25) is 0 Å².